The Labute approximate surface area is 115 Å². The van der Waals surface area contributed by atoms with Gasteiger partial charge < -0.3 is 15.6 Å². The summed E-state index contributed by atoms with van der Waals surface area (Å²) in [4.78, 5) is 10.6. The third kappa shape index (κ3) is 3.84. The summed E-state index contributed by atoms with van der Waals surface area (Å²) in [5.41, 5.74) is 4.60. The fourth-order valence-electron chi connectivity index (χ4n) is 1.63. The largest absolute Gasteiger partial charge is 0.496 e. The van der Waals surface area contributed by atoms with Crippen molar-refractivity contribution in [3.05, 3.63) is 27.7 Å². The van der Waals surface area contributed by atoms with E-state index in [1.54, 1.807) is 0 Å². The van der Waals surface area contributed by atoms with Gasteiger partial charge >= 0.3 is 12.1 Å². The third-order valence-electron chi connectivity index (χ3n) is 2.39. The van der Waals surface area contributed by atoms with E-state index in [1.807, 2.05) is 0 Å². The standard InChI is InChI=1S/C11H11BrF3NO3/c1-19-10-6(8(16)4-9(17)18)2-5(12)3-7(10)11(13,14)15/h2-3,8H,4,16H2,1H3,(H,17,18). The first-order chi connectivity index (χ1) is 8.66. The summed E-state index contributed by atoms with van der Waals surface area (Å²) in [6.07, 6.45) is -5.11. The molecule has 4 nitrogen and oxygen atoms in total. The molecule has 1 unspecified atom stereocenters. The van der Waals surface area contributed by atoms with Crippen molar-refractivity contribution in [3.8, 4) is 5.75 Å². The molecule has 0 amide bonds. The highest BCUT2D eigenvalue weighted by Crippen LogP contribution is 2.42. The molecule has 0 fully saturated rings. The highest BCUT2D eigenvalue weighted by Gasteiger charge is 2.36. The van der Waals surface area contributed by atoms with Crippen LogP contribution in [0.5, 0.6) is 5.75 Å². The van der Waals surface area contributed by atoms with E-state index >= 15 is 0 Å². The van der Waals surface area contributed by atoms with Crippen LogP contribution in [0, 0.1) is 0 Å². The minimum atomic E-state index is -4.62. The topological polar surface area (TPSA) is 72.5 Å². The van der Waals surface area contributed by atoms with Crippen LogP contribution in [0.25, 0.3) is 0 Å². The van der Waals surface area contributed by atoms with Crippen LogP contribution >= 0.6 is 15.9 Å². The molecule has 3 N–H and O–H groups in total. The molecule has 8 heteroatoms. The summed E-state index contributed by atoms with van der Waals surface area (Å²) in [6, 6.07) is 1.09. The zero-order valence-electron chi connectivity index (χ0n) is 9.79. The molecule has 0 heterocycles. The third-order valence-corrected chi connectivity index (χ3v) is 2.84. The lowest BCUT2D eigenvalue weighted by atomic mass is 10.00. The number of halogens is 4. The van der Waals surface area contributed by atoms with Crippen molar-refractivity contribution in [2.75, 3.05) is 7.11 Å². The molecule has 1 rings (SSSR count). The molecular formula is C11H11BrF3NO3. The highest BCUT2D eigenvalue weighted by atomic mass is 79.9. The number of carbonyl (C=O) groups is 1. The second kappa shape index (κ2) is 5.79. The number of carboxylic acid groups (broad SMARTS) is 1. The van der Waals surface area contributed by atoms with E-state index < -0.39 is 35.9 Å². The van der Waals surface area contributed by atoms with Gasteiger partial charge in [0.2, 0.25) is 0 Å². The monoisotopic (exact) mass is 341 g/mol. The van der Waals surface area contributed by atoms with Gasteiger partial charge in [-0.05, 0) is 12.1 Å². The Morgan fingerprint density at radius 3 is 2.53 bits per heavy atom. The van der Waals surface area contributed by atoms with Gasteiger partial charge in [0.05, 0.1) is 19.1 Å². The highest BCUT2D eigenvalue weighted by molar-refractivity contribution is 9.10. The molecule has 0 aliphatic carbocycles. The van der Waals surface area contributed by atoms with Gasteiger partial charge in [-0.2, -0.15) is 13.2 Å². The Bertz CT molecular complexity index is 491. The maximum Gasteiger partial charge on any atom is 0.420 e. The Morgan fingerprint density at radius 1 is 1.53 bits per heavy atom. The van der Waals surface area contributed by atoms with Crippen molar-refractivity contribution in [3.63, 3.8) is 0 Å². The number of benzene rings is 1. The van der Waals surface area contributed by atoms with Crippen LogP contribution in [0.2, 0.25) is 0 Å². The number of carboxylic acids is 1. The van der Waals surface area contributed by atoms with E-state index in [9.17, 15) is 18.0 Å². The second-order valence-corrected chi connectivity index (χ2v) is 4.69. The summed E-state index contributed by atoms with van der Waals surface area (Å²) in [7, 11) is 1.08. The summed E-state index contributed by atoms with van der Waals surface area (Å²) >= 11 is 2.94. The first-order valence-corrected chi connectivity index (χ1v) is 5.88. The molecular weight excluding hydrogens is 331 g/mol. The summed E-state index contributed by atoms with van der Waals surface area (Å²) < 4.78 is 43.5. The van der Waals surface area contributed by atoms with Gasteiger partial charge in [0.1, 0.15) is 5.75 Å². The molecule has 1 aromatic rings. The predicted molar refractivity (Wildman–Crippen MR) is 64.9 cm³/mol. The van der Waals surface area contributed by atoms with Crippen molar-refractivity contribution >= 4 is 21.9 Å². The van der Waals surface area contributed by atoms with Crippen molar-refractivity contribution < 1.29 is 27.8 Å². The van der Waals surface area contributed by atoms with Crippen molar-refractivity contribution in [2.24, 2.45) is 5.73 Å². The number of hydrogen-bond acceptors (Lipinski definition) is 3. The molecule has 0 saturated heterocycles. The zero-order valence-corrected chi connectivity index (χ0v) is 11.4. The SMILES string of the molecule is COc1c(C(N)CC(=O)O)cc(Br)cc1C(F)(F)F. The Balaban J connectivity index is 3.39. The molecule has 0 aliphatic heterocycles. The average Bonchev–Trinajstić information content (AvgIpc) is 2.25. The van der Waals surface area contributed by atoms with Gasteiger partial charge in [-0.15, -0.1) is 0 Å². The molecule has 19 heavy (non-hydrogen) atoms. The lowest BCUT2D eigenvalue weighted by molar-refractivity contribution is -0.139. The quantitative estimate of drug-likeness (QED) is 0.883. The van der Waals surface area contributed by atoms with Gasteiger partial charge in [-0.3, -0.25) is 4.79 Å². The van der Waals surface area contributed by atoms with E-state index in [4.69, 9.17) is 15.6 Å². The molecule has 0 spiro atoms. The van der Waals surface area contributed by atoms with E-state index in [0.29, 0.717) is 0 Å². The molecule has 0 radical (unpaired) electrons. The van der Waals surface area contributed by atoms with Gasteiger partial charge in [-0.1, -0.05) is 15.9 Å². The maximum absolute atomic E-state index is 12.9. The van der Waals surface area contributed by atoms with Gasteiger partial charge in [0, 0.05) is 16.1 Å². The number of alkyl halides is 3. The lowest BCUT2D eigenvalue weighted by Gasteiger charge is -2.19. The smallest absolute Gasteiger partial charge is 0.420 e. The molecule has 0 aromatic heterocycles. The molecule has 1 atom stereocenters. The van der Waals surface area contributed by atoms with E-state index in [0.717, 1.165) is 13.2 Å². The first kappa shape index (κ1) is 15.8. The number of methoxy groups -OCH3 is 1. The summed E-state index contributed by atoms with van der Waals surface area (Å²) in [5.74, 6) is -1.66. The number of nitrogens with two attached hydrogens (primary N) is 1. The van der Waals surface area contributed by atoms with E-state index in [1.165, 1.54) is 6.07 Å². The van der Waals surface area contributed by atoms with Crippen molar-refractivity contribution in [1.29, 1.82) is 0 Å². The van der Waals surface area contributed by atoms with Crippen molar-refractivity contribution in [1.82, 2.24) is 0 Å². The van der Waals surface area contributed by atoms with Crippen LogP contribution in [0.15, 0.2) is 16.6 Å². The number of aliphatic carboxylic acids is 1. The minimum absolute atomic E-state index is 0.00778. The maximum atomic E-state index is 12.9. The van der Waals surface area contributed by atoms with Gasteiger partial charge in [0.25, 0.3) is 0 Å². The van der Waals surface area contributed by atoms with Crippen LogP contribution in [0.1, 0.15) is 23.6 Å². The molecule has 0 saturated carbocycles. The molecule has 0 aliphatic rings. The van der Waals surface area contributed by atoms with Crippen LogP contribution in [-0.4, -0.2) is 18.2 Å². The lowest BCUT2D eigenvalue weighted by Crippen LogP contribution is -2.18. The molecule has 1 aromatic carbocycles. The van der Waals surface area contributed by atoms with Crippen LogP contribution in [0.4, 0.5) is 13.2 Å². The summed E-state index contributed by atoms with van der Waals surface area (Å²) in [5, 5.41) is 8.65. The number of hydrogen-bond donors (Lipinski definition) is 2. The fraction of sp³-hybridized carbons (Fsp3) is 0.364. The normalized spacial score (nSPS) is 13.2. The van der Waals surface area contributed by atoms with Crippen molar-refractivity contribution in [2.45, 2.75) is 18.6 Å². The van der Waals surface area contributed by atoms with E-state index in [2.05, 4.69) is 15.9 Å². The Kier molecular flexibility index (Phi) is 4.81. The Morgan fingerprint density at radius 2 is 2.11 bits per heavy atom. The fourth-order valence-corrected chi connectivity index (χ4v) is 2.10. The average molecular weight is 342 g/mol. The van der Waals surface area contributed by atoms with Crippen LogP contribution < -0.4 is 10.5 Å². The molecule has 0 bridgehead atoms. The molecule has 106 valence electrons. The van der Waals surface area contributed by atoms with E-state index in [-0.39, 0.29) is 10.0 Å². The number of rotatable bonds is 4. The second-order valence-electron chi connectivity index (χ2n) is 3.78. The van der Waals surface area contributed by atoms with Gasteiger partial charge in [0.15, 0.2) is 0 Å². The summed E-state index contributed by atoms with van der Waals surface area (Å²) in [6.45, 7) is 0. The zero-order chi connectivity index (χ0) is 14.8. The Hall–Kier alpha value is -1.28. The first-order valence-electron chi connectivity index (χ1n) is 5.08. The predicted octanol–water partition coefficient (Wildman–Crippen LogP) is 2.95. The minimum Gasteiger partial charge on any atom is -0.496 e. The van der Waals surface area contributed by atoms with Gasteiger partial charge in [-0.25, -0.2) is 0 Å². The van der Waals surface area contributed by atoms with Crippen LogP contribution in [-0.2, 0) is 11.0 Å². The number of ether oxygens (including phenoxy) is 1. The van der Waals surface area contributed by atoms with Crippen LogP contribution in [0.3, 0.4) is 0 Å².